The van der Waals surface area contributed by atoms with Gasteiger partial charge in [0.05, 0.1) is 29.4 Å². The minimum Gasteiger partial charge on any atom is -0.368 e. The Bertz CT molecular complexity index is 1670. The highest BCUT2D eigenvalue weighted by atomic mass is 16.1. The molecule has 0 bridgehead atoms. The summed E-state index contributed by atoms with van der Waals surface area (Å²) in [5, 5.41) is 14.3. The second kappa shape index (κ2) is 12.8. The fourth-order valence-electron chi connectivity index (χ4n) is 5.64. The molecule has 2 aromatic carbocycles. The smallest absolute Gasteiger partial charge is 0.262 e. The number of carbonyl (C=O) groups is 1. The average Bonchev–Trinajstić information content (AvgIpc) is 3.70. The molecular formula is C31H34N8O3. The van der Waals surface area contributed by atoms with Gasteiger partial charge in [-0.3, -0.25) is 19.1 Å². The molecule has 3 N–H and O–H groups in total. The number of primary amides is 1. The molecule has 1 fully saturated rings. The standard InChI is InChI=1S/C31H34N8O3/c1-3-4-11-27-33-20(2)28(23(19-40)18-38-16-7-10-26(38)29(32)41)31(42)39(27)17-21-12-14-22(15-13-21)24-8-5-6-9-25(24)30-34-36-37-35-30/h5-6,8-9,12-15,26H,3-4,7,10-11,16-18H2,1-2H3,(H2,32,41)(H,34,35,36,37)/t26-/m0/s1. The number of nitrogens with two attached hydrogens (primary N) is 1. The van der Waals surface area contributed by atoms with Gasteiger partial charge >= 0.3 is 0 Å². The molecule has 42 heavy (non-hydrogen) atoms. The van der Waals surface area contributed by atoms with E-state index < -0.39 is 11.9 Å². The van der Waals surface area contributed by atoms with Crippen molar-refractivity contribution in [2.45, 2.75) is 58.5 Å². The van der Waals surface area contributed by atoms with Crippen molar-refractivity contribution in [2.24, 2.45) is 5.73 Å². The number of H-pyrrole nitrogens is 1. The fourth-order valence-corrected chi connectivity index (χ4v) is 5.64. The van der Waals surface area contributed by atoms with E-state index in [4.69, 9.17) is 10.7 Å². The van der Waals surface area contributed by atoms with Crippen molar-refractivity contribution in [2.75, 3.05) is 13.1 Å². The highest BCUT2D eigenvalue weighted by Gasteiger charge is 2.31. The number of carbonyl (C=O) groups excluding carboxylic acids is 2. The Morgan fingerprint density at radius 1 is 1.14 bits per heavy atom. The maximum atomic E-state index is 14.0. The van der Waals surface area contributed by atoms with Crippen LogP contribution in [0.1, 0.15) is 55.3 Å². The molecule has 0 spiro atoms. The van der Waals surface area contributed by atoms with Crippen LogP contribution in [0.5, 0.6) is 0 Å². The van der Waals surface area contributed by atoms with E-state index in [9.17, 15) is 14.4 Å². The van der Waals surface area contributed by atoms with Gasteiger partial charge in [0.25, 0.3) is 5.56 Å². The van der Waals surface area contributed by atoms with Gasteiger partial charge in [-0.1, -0.05) is 61.9 Å². The molecule has 0 aliphatic carbocycles. The van der Waals surface area contributed by atoms with E-state index >= 15 is 0 Å². The normalized spacial score (nSPS) is 15.0. The molecule has 0 saturated carbocycles. The Morgan fingerprint density at radius 3 is 2.57 bits per heavy atom. The number of nitrogens with zero attached hydrogens (tertiary/aromatic N) is 6. The Kier molecular flexibility index (Phi) is 8.80. The molecule has 1 atom stereocenters. The first-order chi connectivity index (χ1) is 20.4. The number of unbranched alkanes of at least 4 members (excludes halogenated alkanes) is 1. The van der Waals surface area contributed by atoms with Gasteiger partial charge in [0, 0.05) is 18.5 Å². The number of likely N-dealkylation sites (tertiary alicyclic amines) is 1. The lowest BCUT2D eigenvalue weighted by atomic mass is 9.98. The van der Waals surface area contributed by atoms with Gasteiger partial charge in [0.15, 0.2) is 5.82 Å². The summed E-state index contributed by atoms with van der Waals surface area (Å²) in [6.45, 7) is 4.88. The molecular weight excluding hydrogens is 532 g/mol. The molecule has 5 rings (SSSR count). The van der Waals surface area contributed by atoms with E-state index in [-0.39, 0.29) is 23.2 Å². The van der Waals surface area contributed by atoms with E-state index in [1.807, 2.05) is 59.4 Å². The number of aromatic amines is 1. The van der Waals surface area contributed by atoms with Gasteiger partial charge in [-0.15, -0.1) is 5.10 Å². The largest absolute Gasteiger partial charge is 0.368 e. The maximum absolute atomic E-state index is 14.0. The first kappa shape index (κ1) is 28.8. The van der Waals surface area contributed by atoms with Gasteiger partial charge in [0.2, 0.25) is 5.91 Å². The van der Waals surface area contributed by atoms with Gasteiger partial charge in [-0.05, 0) is 59.8 Å². The van der Waals surface area contributed by atoms with E-state index in [2.05, 4.69) is 27.5 Å². The number of rotatable bonds is 11. The summed E-state index contributed by atoms with van der Waals surface area (Å²) in [7, 11) is 0. The Labute approximate surface area is 243 Å². The summed E-state index contributed by atoms with van der Waals surface area (Å²) >= 11 is 0. The number of aryl methyl sites for hydroxylation is 2. The third-order valence-corrected chi connectivity index (χ3v) is 7.79. The van der Waals surface area contributed by atoms with E-state index in [0.29, 0.717) is 43.3 Å². The third kappa shape index (κ3) is 5.97. The van der Waals surface area contributed by atoms with Crippen LogP contribution in [0.2, 0.25) is 0 Å². The molecule has 1 saturated heterocycles. The lowest BCUT2D eigenvalue weighted by molar-refractivity contribution is -0.122. The van der Waals surface area contributed by atoms with Crippen LogP contribution in [-0.4, -0.2) is 66.1 Å². The number of hydrogen-bond acceptors (Lipinski definition) is 8. The number of amides is 1. The van der Waals surface area contributed by atoms with Crippen molar-refractivity contribution >= 4 is 17.4 Å². The van der Waals surface area contributed by atoms with Crippen LogP contribution in [0.3, 0.4) is 0 Å². The van der Waals surface area contributed by atoms with Crippen molar-refractivity contribution in [3.63, 3.8) is 0 Å². The molecule has 11 heteroatoms. The minimum atomic E-state index is -0.461. The predicted octanol–water partition coefficient (Wildman–Crippen LogP) is 2.95. The highest BCUT2D eigenvalue weighted by Crippen LogP contribution is 2.30. The van der Waals surface area contributed by atoms with E-state index in [0.717, 1.165) is 41.5 Å². The van der Waals surface area contributed by atoms with Gasteiger partial charge in [-0.25, -0.2) is 14.9 Å². The number of tetrazole rings is 1. The predicted molar refractivity (Wildman–Crippen MR) is 159 cm³/mol. The lowest BCUT2D eigenvalue weighted by Gasteiger charge is -2.23. The van der Waals surface area contributed by atoms with Crippen LogP contribution in [0.25, 0.3) is 28.1 Å². The van der Waals surface area contributed by atoms with E-state index in [1.165, 1.54) is 0 Å². The monoisotopic (exact) mass is 566 g/mol. The molecule has 1 aliphatic heterocycles. The van der Waals surface area contributed by atoms with Gasteiger partial charge in [0.1, 0.15) is 11.8 Å². The molecule has 0 unspecified atom stereocenters. The number of aromatic nitrogens is 6. The average molecular weight is 567 g/mol. The Hall–Kier alpha value is -4.73. The van der Waals surface area contributed by atoms with Crippen LogP contribution < -0.4 is 11.3 Å². The zero-order valence-electron chi connectivity index (χ0n) is 23.8. The summed E-state index contributed by atoms with van der Waals surface area (Å²) in [5.74, 6) is 2.81. The molecule has 3 heterocycles. The first-order valence-electron chi connectivity index (χ1n) is 14.2. The summed E-state index contributed by atoms with van der Waals surface area (Å²) in [5.41, 5.74) is 9.98. The van der Waals surface area contributed by atoms with Crippen LogP contribution in [0, 0.1) is 6.92 Å². The quantitative estimate of drug-likeness (QED) is 0.263. The number of nitrogens with one attached hydrogen (secondary N) is 1. The summed E-state index contributed by atoms with van der Waals surface area (Å²) in [6.07, 6.45) is 3.90. The molecule has 11 nitrogen and oxygen atoms in total. The van der Waals surface area contributed by atoms with Crippen LogP contribution >= 0.6 is 0 Å². The van der Waals surface area contributed by atoms with Crippen LogP contribution in [0.4, 0.5) is 0 Å². The van der Waals surface area contributed by atoms with Crippen molar-refractivity contribution < 1.29 is 9.59 Å². The highest BCUT2D eigenvalue weighted by molar-refractivity contribution is 5.89. The molecule has 216 valence electrons. The maximum Gasteiger partial charge on any atom is 0.262 e. The third-order valence-electron chi connectivity index (χ3n) is 7.79. The second-order valence-corrected chi connectivity index (χ2v) is 10.6. The lowest BCUT2D eigenvalue weighted by Crippen LogP contribution is -2.41. The molecule has 4 aromatic rings. The zero-order valence-corrected chi connectivity index (χ0v) is 23.8. The summed E-state index contributed by atoms with van der Waals surface area (Å²) in [4.78, 5) is 44.8. The van der Waals surface area contributed by atoms with Crippen molar-refractivity contribution in [1.29, 1.82) is 0 Å². The van der Waals surface area contributed by atoms with Crippen molar-refractivity contribution in [3.8, 4) is 22.5 Å². The van der Waals surface area contributed by atoms with Crippen molar-refractivity contribution in [1.82, 2.24) is 35.1 Å². The Morgan fingerprint density at radius 2 is 1.90 bits per heavy atom. The molecule has 1 amide bonds. The first-order valence-corrected chi connectivity index (χ1v) is 14.2. The molecule has 0 radical (unpaired) electrons. The zero-order chi connectivity index (χ0) is 29.6. The fraction of sp³-hybridized carbons (Fsp3) is 0.355. The number of hydrogen-bond donors (Lipinski definition) is 2. The summed E-state index contributed by atoms with van der Waals surface area (Å²) in [6, 6.07) is 15.4. The van der Waals surface area contributed by atoms with Crippen LogP contribution in [0.15, 0.2) is 53.3 Å². The Balaban J connectivity index is 1.48. The topological polar surface area (TPSA) is 153 Å². The molecule has 2 aromatic heterocycles. The van der Waals surface area contributed by atoms with Crippen molar-refractivity contribution in [3.05, 3.63) is 81.5 Å². The SMILES string of the molecule is CCCCc1nc(C)c(C(=C=O)CN2CCC[C@H]2C(N)=O)c(=O)n1Cc1ccc(-c2ccccc2-c2nnn[nH]2)cc1. The second-order valence-electron chi connectivity index (χ2n) is 10.6. The van der Waals surface area contributed by atoms with Crippen LogP contribution in [-0.2, 0) is 22.6 Å². The van der Waals surface area contributed by atoms with Gasteiger partial charge < -0.3 is 5.73 Å². The molecule has 1 aliphatic rings. The summed E-state index contributed by atoms with van der Waals surface area (Å²) < 4.78 is 1.66. The number of benzene rings is 2. The van der Waals surface area contributed by atoms with Gasteiger partial charge in [-0.2, -0.15) is 0 Å². The van der Waals surface area contributed by atoms with E-state index in [1.54, 1.807) is 11.5 Å². The minimum absolute atomic E-state index is 0.123.